The summed E-state index contributed by atoms with van der Waals surface area (Å²) < 4.78 is 19.3. The molecule has 23 heavy (non-hydrogen) atoms. The van der Waals surface area contributed by atoms with Crippen molar-refractivity contribution in [2.75, 3.05) is 36.5 Å². The van der Waals surface area contributed by atoms with E-state index in [0.29, 0.717) is 38.1 Å². The quantitative estimate of drug-likeness (QED) is 0.908. The molecule has 3 heterocycles. The molecule has 0 spiro atoms. The zero-order chi connectivity index (χ0) is 16.1. The Balaban J connectivity index is 1.67. The van der Waals surface area contributed by atoms with Crippen molar-refractivity contribution in [1.82, 2.24) is 15.0 Å². The van der Waals surface area contributed by atoms with E-state index in [2.05, 4.69) is 20.3 Å². The number of morpholine rings is 1. The number of halogens is 1. The summed E-state index contributed by atoms with van der Waals surface area (Å²) in [5.41, 5.74) is 1.13. The number of anilines is 2. The molecule has 1 aliphatic rings. The van der Waals surface area contributed by atoms with Crippen LogP contribution in [-0.4, -0.2) is 47.3 Å². The molecule has 3 rings (SSSR count). The Morgan fingerprint density at radius 2 is 2.17 bits per heavy atom. The van der Waals surface area contributed by atoms with Gasteiger partial charge in [-0.05, 0) is 25.0 Å². The van der Waals surface area contributed by atoms with Crippen LogP contribution in [0, 0.1) is 5.82 Å². The Labute approximate surface area is 134 Å². The molecule has 1 atom stereocenters. The summed E-state index contributed by atoms with van der Waals surface area (Å²) >= 11 is 0. The molecule has 0 bridgehead atoms. The first kappa shape index (κ1) is 15.6. The molecule has 0 aromatic carbocycles. The normalized spacial score (nSPS) is 16.2. The Bertz CT molecular complexity index is 634. The predicted molar refractivity (Wildman–Crippen MR) is 86.0 cm³/mol. The van der Waals surface area contributed by atoms with Gasteiger partial charge in [0.2, 0.25) is 5.95 Å². The van der Waals surface area contributed by atoms with Gasteiger partial charge in [0.25, 0.3) is 0 Å². The van der Waals surface area contributed by atoms with E-state index in [9.17, 15) is 4.39 Å². The average Bonchev–Trinajstić information content (AvgIpc) is 2.58. The second-order valence-corrected chi connectivity index (χ2v) is 5.58. The van der Waals surface area contributed by atoms with Gasteiger partial charge in [0.05, 0.1) is 19.4 Å². The van der Waals surface area contributed by atoms with Gasteiger partial charge in [0.15, 0.2) is 11.6 Å². The Morgan fingerprint density at radius 3 is 2.91 bits per heavy atom. The van der Waals surface area contributed by atoms with Gasteiger partial charge in [0.1, 0.15) is 0 Å². The van der Waals surface area contributed by atoms with Gasteiger partial charge in [-0.1, -0.05) is 6.07 Å². The summed E-state index contributed by atoms with van der Waals surface area (Å²) in [5.74, 6) is 0.362. The lowest BCUT2D eigenvalue weighted by Crippen LogP contribution is -2.37. The number of hydrogen-bond donors (Lipinski definition) is 1. The summed E-state index contributed by atoms with van der Waals surface area (Å²) in [6, 6.07) is 4.05. The molecule has 1 unspecified atom stereocenters. The monoisotopic (exact) mass is 317 g/mol. The fraction of sp³-hybridized carbons (Fsp3) is 0.438. The van der Waals surface area contributed by atoms with Gasteiger partial charge in [-0.2, -0.15) is 4.98 Å². The number of ether oxygens (including phenoxy) is 1. The molecule has 1 aliphatic heterocycles. The van der Waals surface area contributed by atoms with E-state index in [1.807, 2.05) is 30.2 Å². The minimum atomic E-state index is -0.405. The Hall–Kier alpha value is -2.28. The summed E-state index contributed by atoms with van der Waals surface area (Å²) in [4.78, 5) is 14.4. The van der Waals surface area contributed by atoms with Crippen LogP contribution in [0.15, 0.2) is 30.7 Å². The number of aromatic nitrogens is 3. The van der Waals surface area contributed by atoms with E-state index in [0.717, 1.165) is 12.0 Å². The van der Waals surface area contributed by atoms with Crippen molar-refractivity contribution < 1.29 is 9.13 Å². The summed E-state index contributed by atoms with van der Waals surface area (Å²) in [6.45, 7) is 4.48. The van der Waals surface area contributed by atoms with E-state index >= 15 is 0 Å². The first-order valence-electron chi connectivity index (χ1n) is 7.73. The van der Waals surface area contributed by atoms with E-state index in [1.54, 1.807) is 6.20 Å². The molecule has 0 radical (unpaired) electrons. The standard InChI is InChI=1S/C16H20FN5O/c1-12(9-13-3-2-4-18-10-13)20-16-19-11-14(17)15(21-16)22-5-7-23-8-6-22/h2-4,10-12H,5-9H2,1H3,(H,19,20,21). The van der Waals surface area contributed by atoms with Crippen molar-refractivity contribution in [1.29, 1.82) is 0 Å². The minimum Gasteiger partial charge on any atom is -0.378 e. The molecule has 122 valence electrons. The Morgan fingerprint density at radius 1 is 1.35 bits per heavy atom. The van der Waals surface area contributed by atoms with Crippen molar-refractivity contribution >= 4 is 11.8 Å². The molecule has 2 aromatic rings. The van der Waals surface area contributed by atoms with Crippen LogP contribution < -0.4 is 10.2 Å². The summed E-state index contributed by atoms with van der Waals surface area (Å²) in [7, 11) is 0. The summed E-state index contributed by atoms with van der Waals surface area (Å²) in [6.07, 6.45) is 5.60. The lowest BCUT2D eigenvalue weighted by atomic mass is 10.1. The SMILES string of the molecule is CC(Cc1cccnc1)Nc1ncc(F)c(N2CCOCC2)n1. The van der Waals surface area contributed by atoms with Crippen molar-refractivity contribution in [2.24, 2.45) is 0 Å². The zero-order valence-electron chi connectivity index (χ0n) is 13.1. The highest BCUT2D eigenvalue weighted by Crippen LogP contribution is 2.19. The number of nitrogens with zero attached hydrogens (tertiary/aromatic N) is 4. The second-order valence-electron chi connectivity index (χ2n) is 5.58. The Kier molecular flexibility index (Phi) is 4.97. The minimum absolute atomic E-state index is 0.113. The molecule has 1 fully saturated rings. The second kappa shape index (κ2) is 7.32. The molecule has 1 saturated heterocycles. The van der Waals surface area contributed by atoms with Crippen LogP contribution in [0.4, 0.5) is 16.2 Å². The predicted octanol–water partition coefficient (Wildman–Crippen LogP) is 1.89. The van der Waals surface area contributed by atoms with Crippen LogP contribution in [0.2, 0.25) is 0 Å². The molecule has 0 amide bonds. The van der Waals surface area contributed by atoms with Crippen molar-refractivity contribution in [3.05, 3.63) is 42.1 Å². The molecule has 6 nitrogen and oxygen atoms in total. The van der Waals surface area contributed by atoms with Gasteiger partial charge < -0.3 is 15.0 Å². The third kappa shape index (κ3) is 4.13. The molecule has 2 aromatic heterocycles. The lowest BCUT2D eigenvalue weighted by Gasteiger charge is -2.28. The maximum absolute atomic E-state index is 14.0. The maximum Gasteiger partial charge on any atom is 0.225 e. The van der Waals surface area contributed by atoms with Crippen molar-refractivity contribution in [3.63, 3.8) is 0 Å². The van der Waals surface area contributed by atoms with E-state index in [-0.39, 0.29) is 6.04 Å². The smallest absolute Gasteiger partial charge is 0.225 e. The molecule has 1 N–H and O–H groups in total. The topological polar surface area (TPSA) is 63.2 Å². The highest BCUT2D eigenvalue weighted by molar-refractivity contribution is 5.44. The summed E-state index contributed by atoms with van der Waals surface area (Å²) in [5, 5.41) is 3.22. The van der Waals surface area contributed by atoms with Crippen LogP contribution in [0.5, 0.6) is 0 Å². The fourth-order valence-corrected chi connectivity index (χ4v) is 2.57. The van der Waals surface area contributed by atoms with Gasteiger partial charge in [0, 0.05) is 31.5 Å². The highest BCUT2D eigenvalue weighted by Gasteiger charge is 2.18. The zero-order valence-corrected chi connectivity index (χ0v) is 13.1. The largest absolute Gasteiger partial charge is 0.378 e. The molecular formula is C16H20FN5O. The average molecular weight is 317 g/mol. The van der Waals surface area contributed by atoms with Crippen LogP contribution in [0.25, 0.3) is 0 Å². The lowest BCUT2D eigenvalue weighted by molar-refractivity contribution is 0.122. The third-order valence-electron chi connectivity index (χ3n) is 3.68. The highest BCUT2D eigenvalue weighted by atomic mass is 19.1. The van der Waals surface area contributed by atoms with E-state index in [4.69, 9.17) is 4.74 Å². The first-order valence-corrected chi connectivity index (χ1v) is 7.73. The van der Waals surface area contributed by atoms with Crippen LogP contribution >= 0.6 is 0 Å². The fourth-order valence-electron chi connectivity index (χ4n) is 2.57. The third-order valence-corrected chi connectivity index (χ3v) is 3.68. The van der Waals surface area contributed by atoms with Crippen molar-refractivity contribution in [2.45, 2.75) is 19.4 Å². The molecule has 7 heteroatoms. The maximum atomic E-state index is 14.0. The number of hydrogen-bond acceptors (Lipinski definition) is 6. The van der Waals surface area contributed by atoms with Crippen LogP contribution in [0.1, 0.15) is 12.5 Å². The molecular weight excluding hydrogens is 297 g/mol. The van der Waals surface area contributed by atoms with Gasteiger partial charge in [-0.25, -0.2) is 9.37 Å². The molecule has 0 aliphatic carbocycles. The van der Waals surface area contributed by atoms with Crippen LogP contribution in [0.3, 0.4) is 0 Å². The van der Waals surface area contributed by atoms with E-state index in [1.165, 1.54) is 6.20 Å². The van der Waals surface area contributed by atoms with E-state index < -0.39 is 5.82 Å². The van der Waals surface area contributed by atoms with Gasteiger partial charge in [-0.15, -0.1) is 0 Å². The number of pyridine rings is 1. The first-order chi connectivity index (χ1) is 11.2. The van der Waals surface area contributed by atoms with Gasteiger partial charge >= 0.3 is 0 Å². The number of rotatable bonds is 5. The van der Waals surface area contributed by atoms with Crippen molar-refractivity contribution in [3.8, 4) is 0 Å². The van der Waals surface area contributed by atoms with Gasteiger partial charge in [-0.3, -0.25) is 4.98 Å². The molecule has 0 saturated carbocycles. The number of nitrogens with one attached hydrogen (secondary N) is 1. The van der Waals surface area contributed by atoms with Crippen LogP contribution in [-0.2, 0) is 11.2 Å².